The van der Waals surface area contributed by atoms with Crippen LogP contribution in [0.2, 0.25) is 0 Å². The second-order valence-corrected chi connectivity index (χ2v) is 16.3. The number of fused-ring (bicyclic) bond motifs is 9. The molecule has 0 spiro atoms. The Morgan fingerprint density at radius 1 is 0.509 bits per heavy atom. The molecule has 0 N–H and O–H groups in total. The number of aromatic nitrogens is 4. The Bertz CT molecular complexity index is 3310. The maximum atomic E-state index is 6.31. The molecule has 0 saturated carbocycles. The van der Waals surface area contributed by atoms with Crippen molar-refractivity contribution in [3.8, 4) is 39.9 Å². The van der Waals surface area contributed by atoms with Crippen LogP contribution in [0.15, 0.2) is 156 Å². The topological polar surface area (TPSA) is 56.7 Å². The van der Waals surface area contributed by atoms with Crippen molar-refractivity contribution in [2.45, 2.75) is 26.2 Å². The lowest BCUT2D eigenvalue weighted by molar-refractivity contribution is 0.590. The van der Waals surface area contributed by atoms with Crippen LogP contribution in [-0.2, 0) is 5.41 Å². The van der Waals surface area contributed by atoms with Gasteiger partial charge < -0.3 is 8.98 Å². The van der Waals surface area contributed by atoms with Gasteiger partial charge in [-0.2, -0.15) is 0 Å². The summed E-state index contributed by atoms with van der Waals surface area (Å²) in [6, 6.07) is 53.5. The standard InChI is InChI=1S/C49H34N4OS/c1-49(2,3)30-23-25-31(26-24-30)53-39-18-7-4-12-32(39)38-28-29(22-27-40(38)53)46-50-47(36-16-11-20-42-44(36)35-14-5-8-19-41(35)54-42)52-48(51-46)37-17-10-15-34-33-13-6-9-21-43(33)55-45(34)37/h4-28H,1-3H3. The van der Waals surface area contributed by atoms with Gasteiger partial charge in [-0.05, 0) is 71.6 Å². The molecule has 0 bridgehead atoms. The summed E-state index contributed by atoms with van der Waals surface area (Å²) in [6.07, 6.45) is 0. The minimum atomic E-state index is 0.0786. The van der Waals surface area contributed by atoms with Crippen LogP contribution in [0, 0.1) is 0 Å². The van der Waals surface area contributed by atoms with Crippen molar-refractivity contribution in [2.24, 2.45) is 0 Å². The lowest BCUT2D eigenvalue weighted by Gasteiger charge is -2.19. The smallest absolute Gasteiger partial charge is 0.165 e. The lowest BCUT2D eigenvalue weighted by Crippen LogP contribution is -2.10. The molecule has 0 fully saturated rings. The third kappa shape index (κ3) is 5.02. The summed E-state index contributed by atoms with van der Waals surface area (Å²) in [7, 11) is 0. The summed E-state index contributed by atoms with van der Waals surface area (Å²) in [5, 5.41) is 6.80. The number of nitrogens with zero attached hydrogens (tertiary/aromatic N) is 4. The number of furan rings is 1. The zero-order valence-electron chi connectivity index (χ0n) is 30.5. The first-order chi connectivity index (χ1) is 26.9. The highest BCUT2D eigenvalue weighted by molar-refractivity contribution is 7.26. The van der Waals surface area contributed by atoms with Crippen molar-refractivity contribution in [1.29, 1.82) is 0 Å². The van der Waals surface area contributed by atoms with E-state index in [0.29, 0.717) is 17.5 Å². The van der Waals surface area contributed by atoms with Crippen LogP contribution < -0.4 is 0 Å². The van der Waals surface area contributed by atoms with E-state index in [9.17, 15) is 0 Å². The average molecular weight is 727 g/mol. The van der Waals surface area contributed by atoms with Crippen molar-refractivity contribution >= 4 is 75.3 Å². The predicted octanol–water partition coefficient (Wildman–Crippen LogP) is 13.5. The van der Waals surface area contributed by atoms with Gasteiger partial charge in [0.05, 0.1) is 11.0 Å². The van der Waals surface area contributed by atoms with Crippen LogP contribution in [0.25, 0.3) is 104 Å². The van der Waals surface area contributed by atoms with Gasteiger partial charge in [0.25, 0.3) is 0 Å². The summed E-state index contributed by atoms with van der Waals surface area (Å²) in [6.45, 7) is 6.76. The summed E-state index contributed by atoms with van der Waals surface area (Å²) in [4.78, 5) is 15.8. The van der Waals surface area contributed by atoms with Crippen molar-refractivity contribution < 1.29 is 4.42 Å². The summed E-state index contributed by atoms with van der Waals surface area (Å²) in [5.41, 5.74) is 9.28. The van der Waals surface area contributed by atoms with E-state index >= 15 is 0 Å². The summed E-state index contributed by atoms with van der Waals surface area (Å²) in [5.74, 6) is 1.87. The molecule has 4 aromatic heterocycles. The highest BCUT2D eigenvalue weighted by atomic mass is 32.1. The molecule has 0 saturated heterocycles. The number of hydrogen-bond acceptors (Lipinski definition) is 5. The van der Waals surface area contributed by atoms with Crippen molar-refractivity contribution in [2.75, 3.05) is 0 Å². The summed E-state index contributed by atoms with van der Waals surface area (Å²) < 4.78 is 11.1. The SMILES string of the molecule is CC(C)(C)c1ccc(-n2c3ccccc3c3cc(-c4nc(-c5cccc6c5sc5ccccc56)nc(-c5cccc6oc7ccccc7c56)n4)ccc32)cc1. The lowest BCUT2D eigenvalue weighted by atomic mass is 9.87. The van der Waals surface area contributed by atoms with E-state index in [1.807, 2.05) is 30.3 Å². The first-order valence-electron chi connectivity index (χ1n) is 18.6. The Labute approximate surface area is 321 Å². The molecule has 55 heavy (non-hydrogen) atoms. The van der Waals surface area contributed by atoms with E-state index < -0.39 is 0 Å². The second-order valence-electron chi connectivity index (χ2n) is 15.2. The van der Waals surface area contributed by atoms with Gasteiger partial charge in [0, 0.05) is 64.1 Å². The fourth-order valence-electron chi connectivity index (χ4n) is 8.13. The van der Waals surface area contributed by atoms with Gasteiger partial charge in [0.2, 0.25) is 0 Å². The van der Waals surface area contributed by atoms with Crippen LogP contribution in [0.3, 0.4) is 0 Å². The zero-order chi connectivity index (χ0) is 36.8. The first kappa shape index (κ1) is 31.9. The van der Waals surface area contributed by atoms with Gasteiger partial charge in [-0.3, -0.25) is 0 Å². The molecule has 0 radical (unpaired) electrons. The fraction of sp³-hybridized carbons (Fsp3) is 0.0816. The third-order valence-corrected chi connectivity index (χ3v) is 12.1. The predicted molar refractivity (Wildman–Crippen MR) is 229 cm³/mol. The number of rotatable bonds is 4. The molecule has 6 heteroatoms. The number of thiophene rings is 1. The number of benzene rings is 7. The quantitative estimate of drug-likeness (QED) is 0.181. The van der Waals surface area contributed by atoms with Crippen molar-refractivity contribution in [3.05, 3.63) is 157 Å². The van der Waals surface area contributed by atoms with Crippen LogP contribution in [0.4, 0.5) is 0 Å². The van der Waals surface area contributed by atoms with Gasteiger partial charge in [-0.1, -0.05) is 112 Å². The average Bonchev–Trinajstić information content (AvgIpc) is 3.90. The molecule has 4 heterocycles. The molecule has 0 aliphatic heterocycles. The van der Waals surface area contributed by atoms with Gasteiger partial charge in [0.15, 0.2) is 17.5 Å². The third-order valence-electron chi connectivity index (χ3n) is 10.8. The molecule has 5 nitrogen and oxygen atoms in total. The van der Waals surface area contributed by atoms with E-state index in [2.05, 4.69) is 147 Å². The molecule has 262 valence electrons. The van der Waals surface area contributed by atoms with Gasteiger partial charge in [-0.15, -0.1) is 11.3 Å². The monoisotopic (exact) mass is 726 g/mol. The highest BCUT2D eigenvalue weighted by Gasteiger charge is 2.21. The maximum absolute atomic E-state index is 6.31. The second kappa shape index (κ2) is 11.9. The minimum absolute atomic E-state index is 0.0786. The Hall–Kier alpha value is -6.63. The fourth-order valence-corrected chi connectivity index (χ4v) is 9.34. The van der Waals surface area contributed by atoms with E-state index in [1.165, 1.54) is 26.4 Å². The van der Waals surface area contributed by atoms with Gasteiger partial charge in [0.1, 0.15) is 11.2 Å². The van der Waals surface area contributed by atoms with E-state index in [-0.39, 0.29) is 5.41 Å². The Kier molecular flexibility index (Phi) is 6.91. The normalized spacial score (nSPS) is 12.3. The molecule has 0 aliphatic carbocycles. The molecule has 0 unspecified atom stereocenters. The van der Waals surface area contributed by atoms with Crippen LogP contribution in [0.5, 0.6) is 0 Å². The molecule has 11 rings (SSSR count). The minimum Gasteiger partial charge on any atom is -0.456 e. The molecule has 0 aliphatic rings. The van der Waals surface area contributed by atoms with E-state index in [1.54, 1.807) is 11.3 Å². The number of hydrogen-bond donors (Lipinski definition) is 0. The highest BCUT2D eigenvalue weighted by Crippen LogP contribution is 2.42. The molecule has 0 atom stereocenters. The Morgan fingerprint density at radius 3 is 1.98 bits per heavy atom. The van der Waals surface area contributed by atoms with Gasteiger partial charge >= 0.3 is 0 Å². The van der Waals surface area contributed by atoms with Crippen molar-refractivity contribution in [1.82, 2.24) is 19.5 Å². The van der Waals surface area contributed by atoms with E-state index in [4.69, 9.17) is 19.4 Å². The van der Waals surface area contributed by atoms with E-state index in [0.717, 1.165) is 65.4 Å². The van der Waals surface area contributed by atoms with Crippen LogP contribution in [0.1, 0.15) is 26.3 Å². The Morgan fingerprint density at radius 2 is 1.15 bits per heavy atom. The molecular formula is C49H34N4OS. The first-order valence-corrected chi connectivity index (χ1v) is 19.4. The molecule has 7 aromatic carbocycles. The van der Waals surface area contributed by atoms with Gasteiger partial charge in [-0.25, -0.2) is 15.0 Å². The van der Waals surface area contributed by atoms with Crippen molar-refractivity contribution in [3.63, 3.8) is 0 Å². The molecule has 0 amide bonds. The van der Waals surface area contributed by atoms with Crippen LogP contribution >= 0.6 is 11.3 Å². The largest absolute Gasteiger partial charge is 0.456 e. The summed E-state index contributed by atoms with van der Waals surface area (Å²) >= 11 is 1.78. The number of para-hydroxylation sites is 2. The maximum Gasteiger partial charge on any atom is 0.165 e. The van der Waals surface area contributed by atoms with Crippen LogP contribution in [-0.4, -0.2) is 19.5 Å². The molecular weight excluding hydrogens is 693 g/mol. The Balaban J connectivity index is 1.16. The zero-order valence-corrected chi connectivity index (χ0v) is 31.4. The molecule has 11 aromatic rings.